The van der Waals surface area contributed by atoms with Crippen molar-refractivity contribution < 1.29 is 13.9 Å². The number of hydrogen-bond donors (Lipinski definition) is 2. The van der Waals surface area contributed by atoms with E-state index in [2.05, 4.69) is 15.3 Å². The van der Waals surface area contributed by atoms with Gasteiger partial charge in [-0.1, -0.05) is 12.1 Å². The Kier molecular flexibility index (Phi) is 4.81. The molecule has 0 saturated heterocycles. The molecule has 30 heavy (non-hydrogen) atoms. The second kappa shape index (κ2) is 7.33. The number of H-pyrrole nitrogens is 1. The molecule has 4 aromatic rings. The number of amides is 1. The Hall–Kier alpha value is -3.61. The van der Waals surface area contributed by atoms with Crippen molar-refractivity contribution in [3.05, 3.63) is 77.8 Å². The molecule has 4 rings (SSSR count). The van der Waals surface area contributed by atoms with Crippen LogP contribution >= 0.6 is 0 Å². The first-order valence-electron chi connectivity index (χ1n) is 9.57. The Labute approximate surface area is 173 Å². The summed E-state index contributed by atoms with van der Waals surface area (Å²) in [6, 6.07) is 11.7. The second-order valence-corrected chi connectivity index (χ2v) is 7.80. The number of aryl methyl sites for hydroxylation is 1. The van der Waals surface area contributed by atoms with Gasteiger partial charge in [0.2, 0.25) is 0 Å². The van der Waals surface area contributed by atoms with E-state index < -0.39 is 5.54 Å². The Morgan fingerprint density at radius 3 is 2.57 bits per heavy atom. The number of ether oxygens (including phenoxy) is 1. The SMILES string of the molecule is COc1cc2[nH]c(C(=O)NC(C)(C)c3ccc(F)cc3)cc2cc1-n1cnc(C)c1. The maximum Gasteiger partial charge on any atom is 0.268 e. The van der Waals surface area contributed by atoms with Crippen molar-refractivity contribution in [1.82, 2.24) is 19.9 Å². The Morgan fingerprint density at radius 1 is 1.20 bits per heavy atom. The number of benzene rings is 2. The number of aromatic amines is 1. The van der Waals surface area contributed by atoms with E-state index >= 15 is 0 Å². The van der Waals surface area contributed by atoms with Crippen LogP contribution in [-0.2, 0) is 5.54 Å². The fraction of sp³-hybridized carbons (Fsp3) is 0.217. The van der Waals surface area contributed by atoms with Crippen LogP contribution in [-0.4, -0.2) is 27.6 Å². The van der Waals surface area contributed by atoms with Gasteiger partial charge in [0.15, 0.2) is 0 Å². The van der Waals surface area contributed by atoms with E-state index in [0.717, 1.165) is 27.8 Å². The van der Waals surface area contributed by atoms with Gasteiger partial charge in [0.25, 0.3) is 5.91 Å². The molecule has 2 aromatic heterocycles. The van der Waals surface area contributed by atoms with Crippen molar-refractivity contribution in [3.63, 3.8) is 0 Å². The number of hydrogen-bond acceptors (Lipinski definition) is 3. The minimum absolute atomic E-state index is 0.250. The zero-order valence-corrected chi connectivity index (χ0v) is 17.3. The molecule has 0 atom stereocenters. The molecule has 0 unspecified atom stereocenters. The van der Waals surface area contributed by atoms with Gasteiger partial charge in [-0.3, -0.25) is 4.79 Å². The smallest absolute Gasteiger partial charge is 0.268 e. The van der Waals surface area contributed by atoms with Gasteiger partial charge in [0.05, 0.1) is 30.4 Å². The van der Waals surface area contributed by atoms with Crippen molar-refractivity contribution in [2.45, 2.75) is 26.3 Å². The number of halogens is 1. The molecule has 2 N–H and O–H groups in total. The van der Waals surface area contributed by atoms with Gasteiger partial charge in [-0.2, -0.15) is 0 Å². The minimum Gasteiger partial charge on any atom is -0.494 e. The lowest BCUT2D eigenvalue weighted by Crippen LogP contribution is -2.41. The fourth-order valence-corrected chi connectivity index (χ4v) is 3.48. The number of fused-ring (bicyclic) bond motifs is 1. The summed E-state index contributed by atoms with van der Waals surface area (Å²) in [5, 5.41) is 3.89. The van der Waals surface area contributed by atoms with Crippen LogP contribution in [0.4, 0.5) is 4.39 Å². The summed E-state index contributed by atoms with van der Waals surface area (Å²) < 4.78 is 20.7. The zero-order chi connectivity index (χ0) is 21.5. The van der Waals surface area contributed by atoms with E-state index in [-0.39, 0.29) is 11.7 Å². The average Bonchev–Trinajstić information content (AvgIpc) is 3.32. The maximum absolute atomic E-state index is 13.2. The highest BCUT2D eigenvalue weighted by atomic mass is 19.1. The molecule has 6 nitrogen and oxygen atoms in total. The second-order valence-electron chi connectivity index (χ2n) is 7.80. The first-order valence-corrected chi connectivity index (χ1v) is 9.57. The molecule has 0 aliphatic carbocycles. The van der Waals surface area contributed by atoms with Gasteiger partial charge in [-0.25, -0.2) is 9.37 Å². The molecule has 2 heterocycles. The lowest BCUT2D eigenvalue weighted by atomic mass is 9.94. The summed E-state index contributed by atoms with van der Waals surface area (Å²) in [4.78, 5) is 20.3. The van der Waals surface area contributed by atoms with Crippen molar-refractivity contribution in [3.8, 4) is 11.4 Å². The average molecular weight is 406 g/mol. The van der Waals surface area contributed by atoms with Gasteiger partial charge >= 0.3 is 0 Å². The third kappa shape index (κ3) is 3.66. The monoisotopic (exact) mass is 406 g/mol. The topological polar surface area (TPSA) is 71.9 Å². The van der Waals surface area contributed by atoms with E-state index in [9.17, 15) is 9.18 Å². The molecule has 0 bridgehead atoms. The van der Waals surface area contributed by atoms with Crippen LogP contribution in [0.15, 0.2) is 55.0 Å². The first-order chi connectivity index (χ1) is 14.3. The van der Waals surface area contributed by atoms with Crippen molar-refractivity contribution >= 4 is 16.8 Å². The van der Waals surface area contributed by atoms with Crippen LogP contribution in [0.3, 0.4) is 0 Å². The summed E-state index contributed by atoms with van der Waals surface area (Å²) in [7, 11) is 1.61. The highest BCUT2D eigenvalue weighted by Gasteiger charge is 2.24. The number of nitrogens with zero attached hydrogens (tertiary/aromatic N) is 2. The molecule has 1 amide bonds. The number of imidazole rings is 1. The number of methoxy groups -OCH3 is 1. The lowest BCUT2D eigenvalue weighted by molar-refractivity contribution is 0.0907. The summed E-state index contributed by atoms with van der Waals surface area (Å²) >= 11 is 0. The predicted octanol–water partition coefficient (Wildman–Crippen LogP) is 4.47. The van der Waals surface area contributed by atoms with E-state index in [1.165, 1.54) is 12.1 Å². The Balaban J connectivity index is 1.66. The largest absolute Gasteiger partial charge is 0.494 e. The van der Waals surface area contributed by atoms with Crippen LogP contribution < -0.4 is 10.1 Å². The summed E-state index contributed by atoms with van der Waals surface area (Å²) in [6.07, 6.45) is 3.64. The summed E-state index contributed by atoms with van der Waals surface area (Å²) in [6.45, 7) is 5.68. The highest BCUT2D eigenvalue weighted by molar-refractivity contribution is 5.99. The van der Waals surface area contributed by atoms with Crippen molar-refractivity contribution in [2.24, 2.45) is 0 Å². The zero-order valence-electron chi connectivity index (χ0n) is 17.3. The Bertz CT molecular complexity index is 1220. The molecular weight excluding hydrogens is 383 g/mol. The number of carbonyl (C=O) groups excluding carboxylic acids is 1. The molecule has 7 heteroatoms. The predicted molar refractivity (Wildman–Crippen MR) is 114 cm³/mol. The molecular formula is C23H23FN4O2. The van der Waals surface area contributed by atoms with Crippen LogP contribution in [0, 0.1) is 12.7 Å². The molecule has 0 radical (unpaired) electrons. The molecule has 0 saturated carbocycles. The minimum atomic E-state index is -0.667. The molecule has 0 spiro atoms. The Morgan fingerprint density at radius 2 is 1.93 bits per heavy atom. The lowest BCUT2D eigenvalue weighted by Gasteiger charge is -2.26. The molecule has 0 fully saturated rings. The number of nitrogens with one attached hydrogen (secondary N) is 2. The third-order valence-electron chi connectivity index (χ3n) is 5.15. The number of carbonyl (C=O) groups is 1. The molecule has 2 aromatic carbocycles. The van der Waals surface area contributed by atoms with E-state index in [0.29, 0.717) is 11.4 Å². The van der Waals surface area contributed by atoms with Crippen LogP contribution in [0.2, 0.25) is 0 Å². The molecule has 0 aliphatic heterocycles. The van der Waals surface area contributed by atoms with E-state index in [1.807, 2.05) is 43.7 Å². The van der Waals surface area contributed by atoms with E-state index in [1.54, 1.807) is 31.6 Å². The van der Waals surface area contributed by atoms with Crippen LogP contribution in [0.1, 0.15) is 35.6 Å². The first kappa shape index (κ1) is 19.7. The number of aromatic nitrogens is 3. The summed E-state index contributed by atoms with van der Waals surface area (Å²) in [5.74, 6) is 0.106. The van der Waals surface area contributed by atoms with Gasteiger partial charge in [0, 0.05) is 23.2 Å². The van der Waals surface area contributed by atoms with Crippen molar-refractivity contribution in [1.29, 1.82) is 0 Å². The van der Waals surface area contributed by atoms with Gasteiger partial charge in [-0.15, -0.1) is 0 Å². The summed E-state index contributed by atoms with van der Waals surface area (Å²) in [5.41, 5.74) is 3.10. The standard InChI is InChI=1S/C23H23FN4O2/c1-14-12-28(13-25-14)20-10-15-9-19(26-18(15)11-21(20)30-4)22(29)27-23(2,3)16-5-7-17(24)8-6-16/h5-13,26H,1-4H3,(H,27,29). The van der Waals surface area contributed by atoms with Gasteiger partial charge in [0.1, 0.15) is 17.3 Å². The third-order valence-corrected chi connectivity index (χ3v) is 5.15. The fourth-order valence-electron chi connectivity index (χ4n) is 3.48. The maximum atomic E-state index is 13.2. The van der Waals surface area contributed by atoms with Gasteiger partial charge in [-0.05, 0) is 50.6 Å². The molecule has 154 valence electrons. The van der Waals surface area contributed by atoms with Crippen LogP contribution in [0.25, 0.3) is 16.6 Å². The van der Waals surface area contributed by atoms with Crippen LogP contribution in [0.5, 0.6) is 5.75 Å². The molecule has 0 aliphatic rings. The van der Waals surface area contributed by atoms with Crippen molar-refractivity contribution in [2.75, 3.05) is 7.11 Å². The van der Waals surface area contributed by atoms with E-state index in [4.69, 9.17) is 4.74 Å². The highest BCUT2D eigenvalue weighted by Crippen LogP contribution is 2.30. The van der Waals surface area contributed by atoms with Gasteiger partial charge < -0.3 is 19.6 Å². The number of rotatable bonds is 5. The quantitative estimate of drug-likeness (QED) is 0.513. The normalized spacial score (nSPS) is 11.6.